The molecule has 1 fully saturated rings. The number of Topliss-reactive ketones (excluding diaryl/α,β-unsaturated/α-hetero) is 1. The zero-order valence-corrected chi connectivity index (χ0v) is 11.7. The van der Waals surface area contributed by atoms with Gasteiger partial charge in [-0.15, -0.1) is 0 Å². The van der Waals surface area contributed by atoms with Crippen molar-refractivity contribution in [2.45, 2.75) is 20.3 Å². The molecule has 0 amide bonds. The van der Waals surface area contributed by atoms with Crippen molar-refractivity contribution in [1.82, 2.24) is 4.90 Å². The van der Waals surface area contributed by atoms with Crippen molar-refractivity contribution < 1.29 is 9.18 Å². The van der Waals surface area contributed by atoms with E-state index in [1.807, 2.05) is 4.90 Å². The average Bonchev–Trinajstić information content (AvgIpc) is 2.40. The van der Waals surface area contributed by atoms with Crippen molar-refractivity contribution in [1.29, 1.82) is 0 Å². The van der Waals surface area contributed by atoms with Gasteiger partial charge in [-0.1, -0.05) is 13.0 Å². The highest BCUT2D eigenvalue weighted by atomic mass is 19.1. The van der Waals surface area contributed by atoms with Crippen LogP contribution in [-0.4, -0.2) is 43.4 Å². The quantitative estimate of drug-likeness (QED) is 0.781. The van der Waals surface area contributed by atoms with Crippen LogP contribution < -0.4 is 4.90 Å². The van der Waals surface area contributed by atoms with Crippen LogP contribution in [0.1, 0.15) is 30.6 Å². The fourth-order valence-corrected chi connectivity index (χ4v) is 2.63. The van der Waals surface area contributed by atoms with Crippen LogP contribution in [0.2, 0.25) is 0 Å². The van der Waals surface area contributed by atoms with E-state index in [9.17, 15) is 9.18 Å². The Morgan fingerprint density at radius 3 is 2.53 bits per heavy atom. The smallest absolute Gasteiger partial charge is 0.161 e. The molecule has 1 aromatic rings. The standard InChI is InChI=1S/C15H21FN2O/c1-3-7-17-8-10-18(11-9-17)15-13(12(2)19)5-4-6-14(15)16/h4-6H,3,7-11H2,1-2H3. The van der Waals surface area contributed by atoms with Gasteiger partial charge in [-0.05, 0) is 32.0 Å². The molecular formula is C15H21FN2O. The number of rotatable bonds is 4. The molecule has 0 unspecified atom stereocenters. The van der Waals surface area contributed by atoms with Crippen LogP contribution in [0.25, 0.3) is 0 Å². The van der Waals surface area contributed by atoms with Gasteiger partial charge < -0.3 is 4.90 Å². The largest absolute Gasteiger partial charge is 0.366 e. The molecule has 3 nitrogen and oxygen atoms in total. The third-order valence-electron chi connectivity index (χ3n) is 3.59. The van der Waals surface area contributed by atoms with E-state index in [0.717, 1.165) is 39.1 Å². The number of halogens is 1. The Bertz CT molecular complexity index is 453. The van der Waals surface area contributed by atoms with Gasteiger partial charge in [0.1, 0.15) is 5.82 Å². The van der Waals surface area contributed by atoms with Crippen LogP contribution in [0.5, 0.6) is 0 Å². The monoisotopic (exact) mass is 264 g/mol. The number of hydrogen-bond donors (Lipinski definition) is 0. The molecular weight excluding hydrogens is 243 g/mol. The van der Waals surface area contributed by atoms with Crippen LogP contribution in [0.3, 0.4) is 0 Å². The second-order valence-electron chi connectivity index (χ2n) is 5.02. The molecule has 0 atom stereocenters. The second-order valence-corrected chi connectivity index (χ2v) is 5.02. The summed E-state index contributed by atoms with van der Waals surface area (Å²) in [6.45, 7) is 8.16. The summed E-state index contributed by atoms with van der Waals surface area (Å²) in [6, 6.07) is 4.74. The summed E-state index contributed by atoms with van der Waals surface area (Å²) < 4.78 is 14.0. The summed E-state index contributed by atoms with van der Waals surface area (Å²) in [6.07, 6.45) is 1.14. The first-order valence-electron chi connectivity index (χ1n) is 6.90. The van der Waals surface area contributed by atoms with Crippen molar-refractivity contribution in [3.63, 3.8) is 0 Å². The molecule has 0 bridgehead atoms. The number of piperazine rings is 1. The van der Waals surface area contributed by atoms with Crippen LogP contribution in [0.4, 0.5) is 10.1 Å². The Morgan fingerprint density at radius 1 is 1.26 bits per heavy atom. The SMILES string of the molecule is CCCN1CCN(c2c(F)cccc2C(C)=O)CC1. The highest BCUT2D eigenvalue weighted by Crippen LogP contribution is 2.26. The van der Waals surface area contributed by atoms with Crippen LogP contribution in [-0.2, 0) is 0 Å². The van der Waals surface area contributed by atoms with E-state index in [0.29, 0.717) is 11.3 Å². The number of para-hydroxylation sites is 1. The molecule has 1 heterocycles. The normalized spacial score (nSPS) is 16.7. The molecule has 0 saturated carbocycles. The number of ketones is 1. The van der Waals surface area contributed by atoms with Gasteiger partial charge in [-0.3, -0.25) is 9.69 Å². The van der Waals surface area contributed by atoms with E-state index in [1.54, 1.807) is 12.1 Å². The summed E-state index contributed by atoms with van der Waals surface area (Å²) in [4.78, 5) is 16.0. The fraction of sp³-hybridized carbons (Fsp3) is 0.533. The Labute approximate surface area is 114 Å². The molecule has 1 aliphatic rings. The lowest BCUT2D eigenvalue weighted by Crippen LogP contribution is -2.47. The number of nitrogens with zero attached hydrogens (tertiary/aromatic N) is 2. The minimum absolute atomic E-state index is 0.0783. The first kappa shape index (κ1) is 14.0. The Balaban J connectivity index is 2.17. The lowest BCUT2D eigenvalue weighted by molar-refractivity contribution is 0.101. The fourth-order valence-electron chi connectivity index (χ4n) is 2.63. The number of carbonyl (C=O) groups excluding carboxylic acids is 1. The molecule has 19 heavy (non-hydrogen) atoms. The first-order valence-corrected chi connectivity index (χ1v) is 6.90. The molecule has 4 heteroatoms. The van der Waals surface area contributed by atoms with Crippen LogP contribution >= 0.6 is 0 Å². The van der Waals surface area contributed by atoms with Crippen LogP contribution in [0, 0.1) is 5.82 Å². The lowest BCUT2D eigenvalue weighted by Gasteiger charge is -2.36. The third kappa shape index (κ3) is 3.13. The molecule has 0 radical (unpaired) electrons. The summed E-state index contributed by atoms with van der Waals surface area (Å²) in [5, 5.41) is 0. The molecule has 1 saturated heterocycles. The van der Waals surface area contributed by atoms with Gasteiger partial charge in [-0.2, -0.15) is 0 Å². The van der Waals surface area contributed by atoms with E-state index >= 15 is 0 Å². The van der Waals surface area contributed by atoms with Crippen molar-refractivity contribution in [2.75, 3.05) is 37.6 Å². The topological polar surface area (TPSA) is 23.6 Å². The number of carbonyl (C=O) groups is 1. The highest BCUT2D eigenvalue weighted by Gasteiger charge is 2.22. The van der Waals surface area contributed by atoms with Gasteiger partial charge >= 0.3 is 0 Å². The van der Waals surface area contributed by atoms with Crippen molar-refractivity contribution in [3.05, 3.63) is 29.6 Å². The van der Waals surface area contributed by atoms with E-state index in [-0.39, 0.29) is 11.6 Å². The highest BCUT2D eigenvalue weighted by molar-refractivity contribution is 5.99. The number of anilines is 1. The Hall–Kier alpha value is -1.42. The Morgan fingerprint density at radius 2 is 1.95 bits per heavy atom. The number of benzene rings is 1. The molecule has 2 rings (SSSR count). The van der Waals surface area contributed by atoms with Crippen molar-refractivity contribution >= 4 is 11.5 Å². The molecule has 0 N–H and O–H groups in total. The number of hydrogen-bond acceptors (Lipinski definition) is 3. The summed E-state index contributed by atoms with van der Waals surface area (Å²) in [7, 11) is 0. The summed E-state index contributed by atoms with van der Waals surface area (Å²) in [5.41, 5.74) is 0.968. The lowest BCUT2D eigenvalue weighted by atomic mass is 10.1. The molecule has 0 aromatic heterocycles. The molecule has 1 aromatic carbocycles. The van der Waals surface area contributed by atoms with Gasteiger partial charge in [0.15, 0.2) is 5.78 Å². The van der Waals surface area contributed by atoms with Gasteiger partial charge in [-0.25, -0.2) is 4.39 Å². The molecule has 0 aliphatic carbocycles. The van der Waals surface area contributed by atoms with E-state index < -0.39 is 0 Å². The third-order valence-corrected chi connectivity index (χ3v) is 3.59. The molecule has 0 spiro atoms. The van der Waals surface area contributed by atoms with Crippen molar-refractivity contribution in [2.24, 2.45) is 0 Å². The second kappa shape index (κ2) is 6.15. The van der Waals surface area contributed by atoms with Gasteiger partial charge in [0.2, 0.25) is 0 Å². The van der Waals surface area contributed by atoms with Gasteiger partial charge in [0, 0.05) is 31.7 Å². The summed E-state index contributed by atoms with van der Waals surface area (Å²) >= 11 is 0. The minimum Gasteiger partial charge on any atom is -0.366 e. The molecule has 104 valence electrons. The van der Waals surface area contributed by atoms with Crippen molar-refractivity contribution in [3.8, 4) is 0 Å². The van der Waals surface area contributed by atoms with E-state index in [4.69, 9.17) is 0 Å². The zero-order valence-electron chi connectivity index (χ0n) is 11.7. The maximum absolute atomic E-state index is 14.0. The van der Waals surface area contributed by atoms with Gasteiger partial charge in [0.05, 0.1) is 5.69 Å². The maximum atomic E-state index is 14.0. The maximum Gasteiger partial charge on any atom is 0.161 e. The molecule has 1 aliphatic heterocycles. The van der Waals surface area contributed by atoms with Crippen LogP contribution in [0.15, 0.2) is 18.2 Å². The summed E-state index contributed by atoms with van der Waals surface area (Å²) in [5.74, 6) is -0.373. The van der Waals surface area contributed by atoms with E-state index in [2.05, 4.69) is 11.8 Å². The Kier molecular flexibility index (Phi) is 4.53. The first-order chi connectivity index (χ1) is 9.13. The van der Waals surface area contributed by atoms with E-state index in [1.165, 1.54) is 13.0 Å². The predicted octanol–water partition coefficient (Wildman–Crippen LogP) is 2.56. The van der Waals surface area contributed by atoms with Gasteiger partial charge in [0.25, 0.3) is 0 Å². The average molecular weight is 264 g/mol. The predicted molar refractivity (Wildman–Crippen MR) is 75.3 cm³/mol. The minimum atomic E-state index is -0.295. The zero-order chi connectivity index (χ0) is 13.8.